The molecule has 1 saturated carbocycles. The summed E-state index contributed by atoms with van der Waals surface area (Å²) in [5, 5.41) is 24.5. The van der Waals surface area contributed by atoms with Crippen molar-refractivity contribution in [2.45, 2.75) is 39.7 Å². The van der Waals surface area contributed by atoms with Gasteiger partial charge in [0.1, 0.15) is 5.92 Å². The molecule has 0 radical (unpaired) electrons. The van der Waals surface area contributed by atoms with Gasteiger partial charge in [-0.05, 0) is 25.7 Å². The highest BCUT2D eigenvalue weighted by molar-refractivity contribution is 8.03. The summed E-state index contributed by atoms with van der Waals surface area (Å²) in [5.74, 6) is -0.752. The first kappa shape index (κ1) is 17.4. The van der Waals surface area contributed by atoms with E-state index in [-0.39, 0.29) is 17.7 Å². The van der Waals surface area contributed by atoms with Gasteiger partial charge in [-0.2, -0.15) is 10.5 Å². The molecule has 0 saturated heterocycles. The second-order valence-corrected chi connectivity index (χ2v) is 7.56. The number of nitriles is 2. The average molecular weight is 332 g/mol. The van der Waals surface area contributed by atoms with Crippen LogP contribution in [0, 0.1) is 39.9 Å². The van der Waals surface area contributed by atoms with Crippen LogP contribution in [0.5, 0.6) is 0 Å². The summed E-state index contributed by atoms with van der Waals surface area (Å²) < 4.78 is 0. The Kier molecular flexibility index (Phi) is 5.01. The van der Waals surface area contributed by atoms with Gasteiger partial charge < -0.3 is 10.6 Å². The van der Waals surface area contributed by atoms with E-state index < -0.39 is 17.2 Å². The Labute approximate surface area is 140 Å². The molecule has 2 atom stereocenters. The van der Waals surface area contributed by atoms with Crippen molar-refractivity contribution in [2.75, 3.05) is 5.75 Å². The summed E-state index contributed by atoms with van der Waals surface area (Å²) in [4.78, 5) is 24.0. The van der Waals surface area contributed by atoms with Crippen LogP contribution in [0.2, 0.25) is 0 Å². The fourth-order valence-corrected chi connectivity index (χ4v) is 3.67. The highest BCUT2D eigenvalue weighted by Crippen LogP contribution is 2.41. The largest absolute Gasteiger partial charge is 0.353 e. The highest BCUT2D eigenvalue weighted by Gasteiger charge is 2.44. The van der Waals surface area contributed by atoms with Gasteiger partial charge in [-0.1, -0.05) is 25.6 Å². The third kappa shape index (κ3) is 3.68. The molecule has 0 unspecified atom stereocenters. The van der Waals surface area contributed by atoms with Crippen molar-refractivity contribution in [1.29, 1.82) is 10.5 Å². The molecular weight excluding hydrogens is 312 g/mol. The van der Waals surface area contributed by atoms with Gasteiger partial charge in [-0.25, -0.2) is 0 Å². The maximum atomic E-state index is 12.0. The minimum atomic E-state index is -0.912. The molecule has 7 heteroatoms. The molecule has 0 bridgehead atoms. The SMILES string of the molecule is C[C@H](NC(=O)CSC1=C(C#N)C(C)(C)[C@H](C#N)C(=O)N1)C1CC1. The number of allylic oxidation sites excluding steroid dienone is 1. The van der Waals surface area contributed by atoms with Crippen LogP contribution >= 0.6 is 11.8 Å². The fraction of sp³-hybridized carbons (Fsp3) is 0.625. The number of carbonyl (C=O) groups excluding carboxylic acids is 2. The minimum absolute atomic E-state index is 0.117. The molecule has 2 amide bonds. The summed E-state index contributed by atoms with van der Waals surface area (Å²) >= 11 is 1.13. The van der Waals surface area contributed by atoms with Gasteiger partial charge in [-0.3, -0.25) is 9.59 Å². The Morgan fingerprint density at radius 3 is 2.65 bits per heavy atom. The summed E-state index contributed by atoms with van der Waals surface area (Å²) in [6.45, 7) is 5.39. The second-order valence-electron chi connectivity index (χ2n) is 6.57. The normalized spacial score (nSPS) is 24.2. The number of rotatable bonds is 5. The molecule has 0 spiro atoms. The van der Waals surface area contributed by atoms with Crippen molar-refractivity contribution >= 4 is 23.6 Å². The second kappa shape index (κ2) is 6.64. The first-order valence-corrected chi connectivity index (χ1v) is 8.57. The molecule has 23 heavy (non-hydrogen) atoms. The molecule has 0 aromatic carbocycles. The first-order chi connectivity index (χ1) is 10.8. The van der Waals surface area contributed by atoms with E-state index in [2.05, 4.69) is 16.7 Å². The zero-order chi connectivity index (χ0) is 17.2. The monoisotopic (exact) mass is 332 g/mol. The van der Waals surface area contributed by atoms with Crippen LogP contribution in [0.4, 0.5) is 0 Å². The summed E-state index contributed by atoms with van der Waals surface area (Å²) in [5.41, 5.74) is -0.525. The predicted molar refractivity (Wildman–Crippen MR) is 86.5 cm³/mol. The van der Waals surface area contributed by atoms with E-state index in [1.807, 2.05) is 13.0 Å². The lowest BCUT2D eigenvalue weighted by Crippen LogP contribution is -2.45. The Morgan fingerprint density at radius 2 is 2.13 bits per heavy atom. The topological polar surface area (TPSA) is 106 Å². The molecule has 6 nitrogen and oxygen atoms in total. The highest BCUT2D eigenvalue weighted by atomic mass is 32.2. The Hall–Kier alpha value is -1.99. The number of carbonyl (C=O) groups is 2. The van der Waals surface area contributed by atoms with Gasteiger partial charge >= 0.3 is 0 Å². The zero-order valence-electron chi connectivity index (χ0n) is 13.5. The lowest BCUT2D eigenvalue weighted by molar-refractivity contribution is -0.125. The van der Waals surface area contributed by atoms with Crippen LogP contribution in [0.25, 0.3) is 0 Å². The first-order valence-electron chi connectivity index (χ1n) is 7.58. The fourth-order valence-electron chi connectivity index (χ4n) is 2.68. The van der Waals surface area contributed by atoms with Crippen LogP contribution in [-0.2, 0) is 9.59 Å². The van der Waals surface area contributed by atoms with Crippen molar-refractivity contribution in [3.63, 3.8) is 0 Å². The van der Waals surface area contributed by atoms with Crippen LogP contribution in [0.1, 0.15) is 33.6 Å². The lowest BCUT2D eigenvalue weighted by atomic mass is 9.72. The van der Waals surface area contributed by atoms with Crippen LogP contribution < -0.4 is 10.6 Å². The maximum Gasteiger partial charge on any atom is 0.243 e. The minimum Gasteiger partial charge on any atom is -0.353 e. The van der Waals surface area contributed by atoms with Gasteiger partial charge in [0.25, 0.3) is 0 Å². The molecule has 1 aliphatic heterocycles. The summed E-state index contributed by atoms with van der Waals surface area (Å²) in [7, 11) is 0. The number of nitrogens with zero attached hydrogens (tertiary/aromatic N) is 2. The van der Waals surface area contributed by atoms with Crippen LogP contribution in [0.15, 0.2) is 10.6 Å². The van der Waals surface area contributed by atoms with Crippen LogP contribution in [-0.4, -0.2) is 23.6 Å². The molecule has 0 aromatic heterocycles. The number of amides is 2. The maximum absolute atomic E-state index is 12.0. The third-order valence-electron chi connectivity index (χ3n) is 4.40. The Balaban J connectivity index is 2.06. The van der Waals surface area contributed by atoms with E-state index in [1.54, 1.807) is 13.8 Å². The van der Waals surface area contributed by atoms with Gasteiger partial charge in [0.15, 0.2) is 0 Å². The molecule has 2 aliphatic rings. The van der Waals surface area contributed by atoms with Gasteiger partial charge in [-0.15, -0.1) is 0 Å². The number of nitrogens with one attached hydrogen (secondary N) is 2. The molecule has 1 fully saturated rings. The van der Waals surface area contributed by atoms with Gasteiger partial charge in [0.05, 0.1) is 28.5 Å². The van der Waals surface area contributed by atoms with E-state index in [0.29, 0.717) is 16.5 Å². The van der Waals surface area contributed by atoms with Crippen LogP contribution in [0.3, 0.4) is 0 Å². The molecule has 0 aromatic rings. The zero-order valence-corrected chi connectivity index (χ0v) is 14.3. The van der Waals surface area contributed by atoms with E-state index in [1.165, 1.54) is 0 Å². The van der Waals surface area contributed by atoms with Gasteiger partial charge in [0, 0.05) is 11.5 Å². The average Bonchev–Trinajstić information content (AvgIpc) is 3.29. The number of hydrogen-bond donors (Lipinski definition) is 2. The smallest absolute Gasteiger partial charge is 0.243 e. The molecule has 122 valence electrons. The quantitative estimate of drug-likeness (QED) is 0.796. The van der Waals surface area contributed by atoms with E-state index in [0.717, 1.165) is 24.6 Å². The van der Waals surface area contributed by atoms with Gasteiger partial charge in [0.2, 0.25) is 11.8 Å². The molecule has 2 N–H and O–H groups in total. The van der Waals surface area contributed by atoms with Crippen molar-refractivity contribution in [3.8, 4) is 12.1 Å². The van der Waals surface area contributed by atoms with Crippen molar-refractivity contribution < 1.29 is 9.59 Å². The predicted octanol–water partition coefficient (Wildman–Crippen LogP) is 1.67. The lowest BCUT2D eigenvalue weighted by Gasteiger charge is -2.34. The van der Waals surface area contributed by atoms with Crippen molar-refractivity contribution in [1.82, 2.24) is 10.6 Å². The van der Waals surface area contributed by atoms with Crippen molar-refractivity contribution in [3.05, 3.63) is 10.6 Å². The molecular formula is C16H20N4O2S. The van der Waals surface area contributed by atoms with E-state index in [9.17, 15) is 14.9 Å². The number of thioether (sulfide) groups is 1. The van der Waals surface area contributed by atoms with E-state index in [4.69, 9.17) is 5.26 Å². The standard InChI is InChI=1S/C16H20N4O2S/c1-9(10-4-5-10)19-13(21)8-23-15-12(7-18)16(2,3)11(6-17)14(22)20-15/h9-11H,4-5,8H2,1-3H3,(H,19,21)(H,20,22)/t9-,11+/m0/s1. The number of hydrogen-bond acceptors (Lipinski definition) is 5. The molecule has 1 aliphatic carbocycles. The van der Waals surface area contributed by atoms with Crippen molar-refractivity contribution in [2.24, 2.45) is 17.3 Å². The van der Waals surface area contributed by atoms with E-state index >= 15 is 0 Å². The molecule has 1 heterocycles. The summed E-state index contributed by atoms with van der Waals surface area (Å²) in [6, 6.07) is 4.20. The Morgan fingerprint density at radius 1 is 1.48 bits per heavy atom. The third-order valence-corrected chi connectivity index (χ3v) is 5.40. The summed E-state index contributed by atoms with van der Waals surface area (Å²) in [6.07, 6.45) is 2.30. The molecule has 2 rings (SSSR count). The Bertz CT molecular complexity index is 637.